The molecule has 0 saturated carbocycles. The zero-order valence-electron chi connectivity index (χ0n) is 18.1. The highest BCUT2D eigenvalue weighted by Crippen LogP contribution is 2.26. The molecule has 32 heavy (non-hydrogen) atoms. The maximum Gasteiger partial charge on any atom is 0.416 e. The van der Waals surface area contributed by atoms with E-state index in [1.54, 1.807) is 24.3 Å². The molecule has 0 spiro atoms. The molecule has 0 N–H and O–H groups in total. The summed E-state index contributed by atoms with van der Waals surface area (Å²) >= 11 is 0. The van der Waals surface area contributed by atoms with Crippen molar-refractivity contribution in [3.8, 4) is 5.75 Å². The van der Waals surface area contributed by atoms with Gasteiger partial charge in [-0.05, 0) is 36.1 Å². The Morgan fingerprint density at radius 1 is 1.22 bits per heavy atom. The first-order valence-corrected chi connectivity index (χ1v) is 10.8. The molecule has 2 aromatic carbocycles. The molecule has 1 heterocycles. The third kappa shape index (κ3) is 6.29. The fraction of sp³-hybridized carbons (Fsp3) is 0.417. The van der Waals surface area contributed by atoms with Gasteiger partial charge in [0, 0.05) is 11.3 Å². The number of benzene rings is 2. The fourth-order valence-corrected chi connectivity index (χ4v) is 3.75. The van der Waals surface area contributed by atoms with Crippen molar-refractivity contribution in [1.29, 1.82) is 0 Å². The second-order valence-corrected chi connectivity index (χ2v) is 7.87. The Morgan fingerprint density at radius 2 is 1.94 bits per heavy atom. The lowest BCUT2D eigenvalue weighted by atomic mass is 9.94. The number of imide groups is 1. The molecule has 0 aromatic heterocycles. The second-order valence-electron chi connectivity index (χ2n) is 7.87. The second kappa shape index (κ2) is 11.3. The Balaban J connectivity index is 1.70. The number of cyclic esters (lactones) is 1. The Morgan fingerprint density at radius 3 is 2.59 bits per heavy atom. The summed E-state index contributed by atoms with van der Waals surface area (Å²) in [5.74, 6) is -0.448. The molecule has 2 atom stereocenters. The molecule has 1 aliphatic heterocycles. The monoisotopic (exact) mass is 440 g/mol. The highest BCUT2D eigenvalue weighted by Gasteiger charge is 2.39. The van der Waals surface area contributed by atoms with Crippen LogP contribution in [0.2, 0.25) is 0 Å². The molecule has 1 aliphatic rings. The normalized spacial score (nSPS) is 16.5. The number of amides is 2. The van der Waals surface area contributed by atoms with E-state index >= 15 is 0 Å². The molecular weight excluding hydrogens is 412 g/mol. The Kier molecular flexibility index (Phi) is 8.19. The molecular formula is C24H28N2O6. The van der Waals surface area contributed by atoms with Gasteiger partial charge in [-0.2, -0.15) is 0 Å². The van der Waals surface area contributed by atoms with Crippen LogP contribution in [0.3, 0.4) is 0 Å². The average Bonchev–Trinajstić information content (AvgIpc) is 3.14. The molecule has 0 aliphatic carbocycles. The summed E-state index contributed by atoms with van der Waals surface area (Å²) in [6, 6.07) is 16.1. The van der Waals surface area contributed by atoms with Crippen molar-refractivity contribution in [2.24, 2.45) is 0 Å². The minimum atomic E-state index is -0.699. The Labute approximate surface area is 187 Å². The Bertz CT molecular complexity index is 916. The highest BCUT2D eigenvalue weighted by molar-refractivity contribution is 5.94. The molecule has 0 bridgehead atoms. The van der Waals surface area contributed by atoms with Crippen molar-refractivity contribution >= 4 is 12.0 Å². The maximum atomic E-state index is 13.0. The van der Waals surface area contributed by atoms with Crippen LogP contribution in [0.4, 0.5) is 4.79 Å². The van der Waals surface area contributed by atoms with Crippen LogP contribution >= 0.6 is 0 Å². The highest BCUT2D eigenvalue weighted by atomic mass is 16.6. The minimum absolute atomic E-state index is 0.114. The van der Waals surface area contributed by atoms with Crippen LogP contribution < -0.4 is 4.74 Å². The summed E-state index contributed by atoms with van der Waals surface area (Å²) in [6.07, 6.45) is 1.58. The van der Waals surface area contributed by atoms with E-state index in [1.165, 1.54) is 0 Å². The topological polar surface area (TPSA) is 99.0 Å². The summed E-state index contributed by atoms with van der Waals surface area (Å²) in [5, 5.41) is 11.3. The van der Waals surface area contributed by atoms with E-state index in [0.29, 0.717) is 24.3 Å². The molecule has 2 amide bonds. The number of nitro groups is 1. The number of ether oxygens (including phenoxy) is 2. The van der Waals surface area contributed by atoms with Gasteiger partial charge in [0.25, 0.3) is 0 Å². The fourth-order valence-electron chi connectivity index (χ4n) is 3.75. The molecule has 0 unspecified atom stereocenters. The largest absolute Gasteiger partial charge is 0.494 e. The van der Waals surface area contributed by atoms with Crippen molar-refractivity contribution < 1.29 is 24.0 Å². The van der Waals surface area contributed by atoms with Gasteiger partial charge >= 0.3 is 6.09 Å². The van der Waals surface area contributed by atoms with E-state index in [-0.39, 0.29) is 13.0 Å². The number of carbonyl (C=O) groups is 2. The molecule has 0 radical (unpaired) electrons. The predicted molar refractivity (Wildman–Crippen MR) is 118 cm³/mol. The van der Waals surface area contributed by atoms with E-state index in [0.717, 1.165) is 23.3 Å². The van der Waals surface area contributed by atoms with Gasteiger partial charge in [-0.15, -0.1) is 0 Å². The molecule has 1 fully saturated rings. The average molecular weight is 440 g/mol. The van der Waals surface area contributed by atoms with Gasteiger partial charge in [0.1, 0.15) is 12.4 Å². The number of rotatable bonds is 11. The molecule has 3 rings (SSSR count). The van der Waals surface area contributed by atoms with E-state index in [1.807, 2.05) is 30.3 Å². The van der Waals surface area contributed by atoms with Crippen molar-refractivity contribution in [2.75, 3.05) is 19.8 Å². The minimum Gasteiger partial charge on any atom is -0.494 e. The molecule has 2 aromatic rings. The molecule has 170 valence electrons. The number of nitrogens with zero attached hydrogens (tertiary/aromatic N) is 2. The molecule has 8 heteroatoms. The summed E-state index contributed by atoms with van der Waals surface area (Å²) in [4.78, 5) is 37.2. The summed E-state index contributed by atoms with van der Waals surface area (Å²) in [6.45, 7) is 2.38. The number of carbonyl (C=O) groups excluding carboxylic acids is 2. The first kappa shape index (κ1) is 23.2. The van der Waals surface area contributed by atoms with Crippen molar-refractivity contribution in [3.05, 3.63) is 75.8 Å². The predicted octanol–water partition coefficient (Wildman–Crippen LogP) is 4.21. The standard InChI is InChI=1S/C24H28N2O6/c1-2-3-13-31-22-11-9-19(10-12-22)20(16-25(29)30)15-23(27)26-21(17-32-24(26)28)14-18-7-5-4-6-8-18/h4-12,20-21H,2-3,13-17H2,1H3/t20-,21+/m1/s1. The van der Waals surface area contributed by atoms with Crippen LogP contribution in [-0.2, 0) is 16.0 Å². The van der Waals surface area contributed by atoms with E-state index in [2.05, 4.69) is 6.92 Å². The smallest absolute Gasteiger partial charge is 0.416 e. The van der Waals surface area contributed by atoms with E-state index < -0.39 is 35.4 Å². The van der Waals surface area contributed by atoms with Gasteiger partial charge in [-0.25, -0.2) is 9.69 Å². The van der Waals surface area contributed by atoms with Crippen LogP contribution in [0.1, 0.15) is 43.2 Å². The van der Waals surface area contributed by atoms with Crippen molar-refractivity contribution in [1.82, 2.24) is 4.90 Å². The quantitative estimate of drug-likeness (QED) is 0.295. The third-order valence-electron chi connectivity index (χ3n) is 5.45. The molecule has 1 saturated heterocycles. The number of hydrogen-bond acceptors (Lipinski definition) is 6. The SMILES string of the molecule is CCCCOc1ccc([C@H](CC(=O)N2C(=O)OC[C@@H]2Cc2ccccc2)C[N+](=O)[O-])cc1. The van der Waals surface area contributed by atoms with Crippen LogP contribution in [0.25, 0.3) is 0 Å². The lowest BCUT2D eigenvalue weighted by Gasteiger charge is -2.22. The van der Waals surface area contributed by atoms with Gasteiger partial charge < -0.3 is 9.47 Å². The first-order chi connectivity index (χ1) is 15.5. The van der Waals surface area contributed by atoms with Gasteiger partial charge in [0.15, 0.2) is 0 Å². The van der Waals surface area contributed by atoms with Gasteiger partial charge in [-0.3, -0.25) is 14.9 Å². The van der Waals surface area contributed by atoms with E-state index in [4.69, 9.17) is 9.47 Å². The number of hydrogen-bond donors (Lipinski definition) is 0. The lowest BCUT2D eigenvalue weighted by Crippen LogP contribution is -2.41. The van der Waals surface area contributed by atoms with Crippen molar-refractivity contribution in [2.45, 2.75) is 44.6 Å². The maximum absolute atomic E-state index is 13.0. The van der Waals surface area contributed by atoms with Crippen LogP contribution in [-0.4, -0.2) is 47.6 Å². The van der Waals surface area contributed by atoms with Crippen molar-refractivity contribution in [3.63, 3.8) is 0 Å². The zero-order chi connectivity index (χ0) is 22.9. The molecule has 8 nitrogen and oxygen atoms in total. The van der Waals surface area contributed by atoms with Crippen LogP contribution in [0.15, 0.2) is 54.6 Å². The first-order valence-electron chi connectivity index (χ1n) is 10.8. The van der Waals surface area contributed by atoms with Gasteiger partial charge in [0.2, 0.25) is 12.5 Å². The summed E-state index contributed by atoms with van der Waals surface area (Å²) < 4.78 is 10.8. The van der Waals surface area contributed by atoms with Crippen LogP contribution in [0, 0.1) is 10.1 Å². The summed E-state index contributed by atoms with van der Waals surface area (Å²) in [7, 11) is 0. The third-order valence-corrected chi connectivity index (χ3v) is 5.45. The van der Waals surface area contributed by atoms with Gasteiger partial charge in [0.05, 0.1) is 18.6 Å². The van der Waals surface area contributed by atoms with E-state index in [9.17, 15) is 19.7 Å². The zero-order valence-corrected chi connectivity index (χ0v) is 18.1. The summed E-state index contributed by atoms with van der Waals surface area (Å²) in [5.41, 5.74) is 1.64. The van der Waals surface area contributed by atoms with Gasteiger partial charge in [-0.1, -0.05) is 55.8 Å². The lowest BCUT2D eigenvalue weighted by molar-refractivity contribution is -0.483. The Hall–Kier alpha value is -3.42. The number of unbranched alkanes of at least 4 members (excludes halogenated alkanes) is 1. The van der Waals surface area contributed by atoms with Crippen LogP contribution in [0.5, 0.6) is 5.75 Å².